The molecule has 0 aromatic heterocycles. The van der Waals surface area contributed by atoms with Gasteiger partial charge in [0.2, 0.25) is 0 Å². The largest absolute Gasteiger partial charge is 0.487 e. The van der Waals surface area contributed by atoms with Crippen LogP contribution in [0.2, 0.25) is 10.0 Å². The van der Waals surface area contributed by atoms with Crippen LogP contribution in [-0.2, 0) is 21.0 Å². The predicted octanol–water partition coefficient (Wildman–Crippen LogP) is 7.48. The summed E-state index contributed by atoms with van der Waals surface area (Å²) >= 11 is 13.2. The zero-order valence-corrected chi connectivity index (χ0v) is 25.0. The van der Waals surface area contributed by atoms with Crippen LogP contribution in [0.1, 0.15) is 70.4 Å². The molecule has 9 heteroatoms. The second kappa shape index (κ2) is 10.6. The lowest BCUT2D eigenvalue weighted by Crippen LogP contribution is -2.45. The Morgan fingerprint density at radius 2 is 1.56 bits per heavy atom. The fourth-order valence-electron chi connectivity index (χ4n) is 6.41. The molecule has 3 aliphatic rings. The maximum atomic E-state index is 14.0. The summed E-state index contributed by atoms with van der Waals surface area (Å²) in [4.78, 5) is 41.7. The SMILES string of the molecule is CC1(C)CC(=O)C2=C(C1)N(CC(=O)O)C1=C(C(=O)CC(C)(C)C1)C2c1cc(Cl)cc(Cl)c1OCc1cccc(F)c1. The molecule has 2 aliphatic carbocycles. The normalized spacial score (nSPS) is 20.2. The summed E-state index contributed by atoms with van der Waals surface area (Å²) in [5.41, 5.74) is 2.18. The summed E-state index contributed by atoms with van der Waals surface area (Å²) in [6.07, 6.45) is 1.38. The molecule has 1 N–H and O–H groups in total. The van der Waals surface area contributed by atoms with Crippen LogP contribution in [0, 0.1) is 16.6 Å². The first-order valence-electron chi connectivity index (χ1n) is 13.5. The van der Waals surface area contributed by atoms with Crippen molar-refractivity contribution in [1.29, 1.82) is 0 Å². The molecular weight excluding hydrogens is 568 g/mol. The van der Waals surface area contributed by atoms with Crippen molar-refractivity contribution in [1.82, 2.24) is 4.90 Å². The molecule has 2 aromatic rings. The Morgan fingerprint density at radius 3 is 2.10 bits per heavy atom. The average Bonchev–Trinajstić information content (AvgIpc) is 2.82. The first kappa shape index (κ1) is 29.3. The van der Waals surface area contributed by atoms with Crippen molar-refractivity contribution in [3.63, 3.8) is 0 Å². The van der Waals surface area contributed by atoms with Gasteiger partial charge < -0.3 is 14.7 Å². The van der Waals surface area contributed by atoms with Crippen molar-refractivity contribution in [2.75, 3.05) is 6.54 Å². The molecule has 0 atom stereocenters. The zero-order valence-electron chi connectivity index (χ0n) is 23.4. The van der Waals surface area contributed by atoms with Crippen molar-refractivity contribution in [3.8, 4) is 5.75 Å². The molecule has 0 unspecified atom stereocenters. The number of hydrogen-bond donors (Lipinski definition) is 1. The maximum Gasteiger partial charge on any atom is 0.323 e. The molecule has 0 saturated heterocycles. The zero-order chi connectivity index (χ0) is 29.9. The van der Waals surface area contributed by atoms with Gasteiger partial charge in [0.05, 0.1) is 5.02 Å². The number of nitrogens with zero attached hydrogens (tertiary/aromatic N) is 1. The molecule has 0 bridgehead atoms. The number of rotatable bonds is 6. The standard InChI is InChI=1S/C32H32Cl2FNO5/c1-31(2)11-22-28(24(37)13-31)27(29-23(36(22)15-26(39)40)12-32(3,4)14-25(29)38)20-9-18(33)10-21(34)30(20)41-16-17-6-5-7-19(35)8-17/h5-10,27H,11-16H2,1-4H3,(H,39,40). The van der Waals surface area contributed by atoms with Gasteiger partial charge in [0, 0.05) is 51.9 Å². The van der Waals surface area contributed by atoms with Crippen LogP contribution >= 0.6 is 23.2 Å². The minimum Gasteiger partial charge on any atom is -0.487 e. The average molecular weight is 601 g/mol. The molecule has 6 nitrogen and oxygen atoms in total. The number of carbonyl (C=O) groups excluding carboxylic acids is 2. The van der Waals surface area contributed by atoms with Crippen LogP contribution < -0.4 is 4.74 Å². The van der Waals surface area contributed by atoms with Crippen molar-refractivity contribution < 1.29 is 28.6 Å². The Hall–Kier alpha value is -3.16. The third-order valence-corrected chi connectivity index (χ3v) is 8.43. The van der Waals surface area contributed by atoms with Crippen molar-refractivity contribution >= 4 is 40.7 Å². The minimum absolute atomic E-state index is 0.0102. The second-order valence-corrected chi connectivity index (χ2v) is 13.6. The first-order chi connectivity index (χ1) is 19.2. The van der Waals surface area contributed by atoms with Crippen LogP contribution in [0.25, 0.3) is 0 Å². The summed E-state index contributed by atoms with van der Waals surface area (Å²) in [6, 6.07) is 9.17. The minimum atomic E-state index is -1.06. The van der Waals surface area contributed by atoms with Crippen LogP contribution in [0.5, 0.6) is 5.75 Å². The topological polar surface area (TPSA) is 83.9 Å². The second-order valence-electron chi connectivity index (χ2n) is 12.7. The Kier molecular flexibility index (Phi) is 7.58. The predicted molar refractivity (Wildman–Crippen MR) is 154 cm³/mol. The highest BCUT2D eigenvalue weighted by Gasteiger charge is 2.50. The van der Waals surface area contributed by atoms with Gasteiger partial charge in [0.1, 0.15) is 24.7 Å². The van der Waals surface area contributed by atoms with Crippen molar-refractivity contribution in [2.45, 2.75) is 65.9 Å². The van der Waals surface area contributed by atoms with Gasteiger partial charge in [-0.15, -0.1) is 0 Å². The number of ketones is 2. The molecule has 41 heavy (non-hydrogen) atoms. The van der Waals surface area contributed by atoms with Gasteiger partial charge in [-0.05, 0) is 53.5 Å². The summed E-state index contributed by atoms with van der Waals surface area (Å²) in [7, 11) is 0. The van der Waals surface area contributed by atoms with E-state index in [1.54, 1.807) is 23.1 Å². The number of allylic oxidation sites excluding steroid dienone is 4. The van der Waals surface area contributed by atoms with Gasteiger partial charge in [-0.25, -0.2) is 4.39 Å². The fourth-order valence-corrected chi connectivity index (χ4v) is 6.98. The van der Waals surface area contributed by atoms with E-state index in [2.05, 4.69) is 0 Å². The van der Waals surface area contributed by atoms with E-state index >= 15 is 0 Å². The van der Waals surface area contributed by atoms with E-state index in [1.165, 1.54) is 18.2 Å². The number of aliphatic carboxylic acids is 1. The third-order valence-electron chi connectivity index (χ3n) is 7.94. The van der Waals surface area contributed by atoms with E-state index in [4.69, 9.17) is 27.9 Å². The van der Waals surface area contributed by atoms with Crippen molar-refractivity contribution in [2.24, 2.45) is 10.8 Å². The van der Waals surface area contributed by atoms with E-state index in [1.807, 2.05) is 27.7 Å². The Bertz CT molecular complexity index is 1490. The molecule has 0 amide bonds. The smallest absolute Gasteiger partial charge is 0.323 e. The van der Waals surface area contributed by atoms with Crippen LogP contribution in [0.4, 0.5) is 4.39 Å². The number of carboxylic acids is 1. The third kappa shape index (κ3) is 5.80. The molecule has 0 fully saturated rings. The van der Waals surface area contributed by atoms with Gasteiger partial charge in [0.25, 0.3) is 0 Å². The number of Topliss-reactive ketones (excluding diaryl/α,β-unsaturated/α-hetero) is 2. The Balaban J connectivity index is 1.75. The van der Waals surface area contributed by atoms with Crippen LogP contribution in [-0.4, -0.2) is 34.1 Å². The summed E-state index contributed by atoms with van der Waals surface area (Å²) < 4.78 is 20.1. The van der Waals surface area contributed by atoms with Crippen LogP contribution in [0.15, 0.2) is 58.9 Å². The lowest BCUT2D eigenvalue weighted by molar-refractivity contribution is -0.138. The molecule has 216 valence electrons. The summed E-state index contributed by atoms with van der Waals surface area (Å²) in [5, 5.41) is 10.4. The fraction of sp³-hybridized carbons (Fsp3) is 0.406. The van der Waals surface area contributed by atoms with E-state index in [9.17, 15) is 23.9 Å². The van der Waals surface area contributed by atoms with E-state index in [0.29, 0.717) is 51.5 Å². The van der Waals surface area contributed by atoms with Crippen molar-refractivity contribution in [3.05, 3.63) is 85.9 Å². The van der Waals surface area contributed by atoms with Gasteiger partial charge in [-0.2, -0.15) is 0 Å². The summed E-state index contributed by atoms with van der Waals surface area (Å²) in [5.74, 6) is -2.38. The Morgan fingerprint density at radius 1 is 0.976 bits per heavy atom. The molecule has 2 aromatic carbocycles. The first-order valence-corrected chi connectivity index (χ1v) is 14.3. The maximum absolute atomic E-state index is 14.0. The molecule has 0 spiro atoms. The highest BCUT2D eigenvalue weighted by Crippen LogP contribution is 2.56. The number of carboxylic acid groups (broad SMARTS) is 1. The van der Waals surface area contributed by atoms with E-state index in [-0.39, 0.29) is 48.3 Å². The molecule has 0 saturated carbocycles. The number of carbonyl (C=O) groups is 3. The number of ether oxygens (including phenoxy) is 1. The van der Waals surface area contributed by atoms with Gasteiger partial charge in [-0.1, -0.05) is 63.0 Å². The monoisotopic (exact) mass is 599 g/mol. The van der Waals surface area contributed by atoms with Gasteiger partial charge in [-0.3, -0.25) is 14.4 Å². The Labute approximate surface area is 248 Å². The number of benzene rings is 2. The molecule has 1 aliphatic heterocycles. The van der Waals surface area contributed by atoms with E-state index < -0.39 is 28.5 Å². The van der Waals surface area contributed by atoms with Gasteiger partial charge in [0.15, 0.2) is 11.6 Å². The number of hydrogen-bond acceptors (Lipinski definition) is 5. The van der Waals surface area contributed by atoms with E-state index in [0.717, 1.165) is 0 Å². The number of halogens is 3. The highest BCUT2D eigenvalue weighted by molar-refractivity contribution is 6.35. The molecular formula is C32H32Cl2FNO5. The summed E-state index contributed by atoms with van der Waals surface area (Å²) in [6.45, 7) is 7.54. The van der Waals surface area contributed by atoms with Gasteiger partial charge >= 0.3 is 5.97 Å². The lowest BCUT2D eigenvalue weighted by atomic mass is 9.63. The quantitative estimate of drug-likeness (QED) is 0.370. The molecule has 0 radical (unpaired) electrons. The molecule has 5 rings (SSSR count). The van der Waals surface area contributed by atoms with Crippen LogP contribution in [0.3, 0.4) is 0 Å². The highest BCUT2D eigenvalue weighted by atomic mass is 35.5. The molecule has 1 heterocycles. The lowest BCUT2D eigenvalue weighted by Gasteiger charge is -2.48.